The summed E-state index contributed by atoms with van der Waals surface area (Å²) >= 11 is 0. The minimum Gasteiger partial charge on any atom is -0.595 e. The Kier molecular flexibility index (Phi) is 4.94. The van der Waals surface area contributed by atoms with E-state index in [4.69, 9.17) is 14.2 Å². The number of methoxy groups -OCH3 is 1. The molecule has 8 nitrogen and oxygen atoms in total. The van der Waals surface area contributed by atoms with Gasteiger partial charge < -0.3 is 19.4 Å². The van der Waals surface area contributed by atoms with Crippen LogP contribution in [0.2, 0.25) is 0 Å². The van der Waals surface area contributed by atoms with Gasteiger partial charge in [0.05, 0.1) is 7.11 Å². The molecule has 2 atom stereocenters. The molecule has 2 aliphatic heterocycles. The van der Waals surface area contributed by atoms with E-state index in [1.165, 1.54) is 12.1 Å². The lowest BCUT2D eigenvalue weighted by atomic mass is 9.87. The number of likely N-dealkylation sites (N-methyl/N-ethyl adjacent to an activating group) is 1. The zero-order chi connectivity index (χ0) is 19.8. The molecule has 0 aliphatic carbocycles. The first-order valence-electron chi connectivity index (χ1n) is 9.05. The van der Waals surface area contributed by atoms with Crippen molar-refractivity contribution in [3.63, 3.8) is 0 Å². The molecule has 1 unspecified atom stereocenters. The maximum atomic E-state index is 13.0. The highest BCUT2D eigenvalue weighted by Crippen LogP contribution is 2.50. The molecule has 0 saturated heterocycles. The molecule has 2 aromatic carbocycles. The number of carbonyl (C=O) groups excluding carboxylic acids is 1. The molecule has 0 bridgehead atoms. The third-order valence-electron chi connectivity index (χ3n) is 5.36. The molecule has 0 saturated carbocycles. The van der Waals surface area contributed by atoms with Gasteiger partial charge in [-0.1, -0.05) is 12.1 Å². The van der Waals surface area contributed by atoms with Crippen LogP contribution in [0.4, 0.5) is 5.69 Å². The van der Waals surface area contributed by atoms with Gasteiger partial charge in [0.1, 0.15) is 0 Å². The lowest BCUT2D eigenvalue weighted by molar-refractivity contribution is -0.991. The maximum Gasteiger partial charge on any atom is 0.231 e. The average molecular weight is 386 g/mol. The summed E-state index contributed by atoms with van der Waals surface area (Å²) in [5, 5.41) is 19.3. The summed E-state index contributed by atoms with van der Waals surface area (Å²) in [6.07, 6.45) is 1.03. The van der Waals surface area contributed by atoms with E-state index in [2.05, 4.69) is 4.90 Å². The Morgan fingerprint density at radius 1 is 1.39 bits per heavy atom. The lowest BCUT2D eigenvalue weighted by Gasteiger charge is -2.35. The molecule has 2 aromatic rings. The molecule has 0 fully saturated rings. The van der Waals surface area contributed by atoms with E-state index < -0.39 is 5.23 Å². The van der Waals surface area contributed by atoms with Gasteiger partial charge in [-0.2, -0.15) is 5.23 Å². The van der Waals surface area contributed by atoms with Crippen LogP contribution in [0.3, 0.4) is 0 Å². The number of hydrogen-bond donors (Lipinski definition) is 2. The van der Waals surface area contributed by atoms with Crippen molar-refractivity contribution in [3.05, 3.63) is 52.2 Å². The van der Waals surface area contributed by atoms with E-state index >= 15 is 0 Å². The molecule has 4 rings (SSSR count). The summed E-state index contributed by atoms with van der Waals surface area (Å²) in [4.78, 5) is 15.1. The highest BCUT2D eigenvalue weighted by Gasteiger charge is 2.35. The second-order valence-corrected chi connectivity index (χ2v) is 6.98. The Labute approximate surface area is 162 Å². The number of ketones is 1. The molecule has 0 amide bonds. The normalized spacial score (nSPS) is 19.2. The van der Waals surface area contributed by atoms with Crippen LogP contribution in [0, 0.1) is 5.21 Å². The summed E-state index contributed by atoms with van der Waals surface area (Å²) < 4.78 is 16.8. The van der Waals surface area contributed by atoms with Crippen molar-refractivity contribution in [2.45, 2.75) is 18.9 Å². The van der Waals surface area contributed by atoms with E-state index in [1.54, 1.807) is 19.2 Å². The summed E-state index contributed by atoms with van der Waals surface area (Å²) in [7, 11) is 3.56. The zero-order valence-electron chi connectivity index (χ0n) is 15.7. The van der Waals surface area contributed by atoms with Gasteiger partial charge in [0.2, 0.25) is 12.5 Å². The fourth-order valence-electron chi connectivity index (χ4n) is 3.90. The third-order valence-corrected chi connectivity index (χ3v) is 5.36. The predicted octanol–water partition coefficient (Wildman–Crippen LogP) is 1.63. The van der Waals surface area contributed by atoms with Crippen molar-refractivity contribution >= 4 is 11.5 Å². The van der Waals surface area contributed by atoms with Crippen molar-refractivity contribution in [2.24, 2.45) is 0 Å². The van der Waals surface area contributed by atoms with Crippen molar-refractivity contribution in [2.75, 3.05) is 27.5 Å². The summed E-state index contributed by atoms with van der Waals surface area (Å²) in [5.74, 6) is 1.72. The molecule has 2 heterocycles. The minimum atomic E-state index is -1.05. The SMILES string of the molecule is COc1c2c(cc3c1[C@@H](CC(=O)c1cccc([NH+]([O-])O)c1)N(C)CC3)OCO2. The fraction of sp³-hybridized carbons (Fsp3) is 0.350. The van der Waals surface area contributed by atoms with Crippen LogP contribution in [-0.4, -0.2) is 43.4 Å². The average Bonchev–Trinajstić information content (AvgIpc) is 3.16. The third kappa shape index (κ3) is 3.20. The van der Waals surface area contributed by atoms with Crippen LogP contribution in [-0.2, 0) is 6.42 Å². The number of Topliss-reactive ketones (excluding diaryl/α,β-unsaturated/α-hetero) is 1. The van der Waals surface area contributed by atoms with Crippen LogP contribution in [0.15, 0.2) is 30.3 Å². The van der Waals surface area contributed by atoms with Crippen molar-refractivity contribution in [3.8, 4) is 17.2 Å². The Hall–Kier alpha value is -2.65. The van der Waals surface area contributed by atoms with Gasteiger partial charge in [0.15, 0.2) is 23.0 Å². The minimum absolute atomic E-state index is 0.101. The number of nitrogens with one attached hydrogen (secondary N) is 1. The first-order chi connectivity index (χ1) is 13.5. The van der Waals surface area contributed by atoms with Crippen molar-refractivity contribution in [1.29, 1.82) is 0 Å². The number of nitrogens with zero attached hydrogens (tertiary/aromatic N) is 1. The predicted molar refractivity (Wildman–Crippen MR) is 99.4 cm³/mol. The van der Waals surface area contributed by atoms with Gasteiger partial charge in [0, 0.05) is 42.3 Å². The van der Waals surface area contributed by atoms with Crippen LogP contribution in [0.25, 0.3) is 0 Å². The smallest absolute Gasteiger partial charge is 0.231 e. The highest BCUT2D eigenvalue weighted by molar-refractivity contribution is 5.97. The van der Waals surface area contributed by atoms with Gasteiger partial charge in [-0.25, -0.2) is 5.21 Å². The number of ether oxygens (including phenoxy) is 3. The monoisotopic (exact) mass is 386 g/mol. The van der Waals surface area contributed by atoms with Crippen LogP contribution in [0.5, 0.6) is 17.2 Å². The second-order valence-electron chi connectivity index (χ2n) is 6.98. The topological polar surface area (TPSA) is 95.7 Å². The number of carbonyl (C=O) groups is 1. The maximum absolute atomic E-state index is 13.0. The molecule has 0 radical (unpaired) electrons. The van der Waals surface area contributed by atoms with Gasteiger partial charge in [-0.3, -0.25) is 9.69 Å². The van der Waals surface area contributed by atoms with Crippen LogP contribution < -0.4 is 19.4 Å². The summed E-state index contributed by atoms with van der Waals surface area (Å²) in [6.45, 7) is 0.943. The first-order valence-corrected chi connectivity index (χ1v) is 9.05. The molecular formula is C20H22N2O6. The highest BCUT2D eigenvalue weighted by atomic mass is 16.8. The second kappa shape index (κ2) is 7.40. The Morgan fingerprint density at radius 3 is 2.96 bits per heavy atom. The number of quaternary nitrogens is 1. The van der Waals surface area contributed by atoms with E-state index in [-0.39, 0.29) is 30.7 Å². The van der Waals surface area contributed by atoms with E-state index in [0.29, 0.717) is 22.8 Å². The molecule has 2 N–H and O–H groups in total. The molecular weight excluding hydrogens is 364 g/mol. The quantitative estimate of drug-likeness (QED) is 0.596. The largest absolute Gasteiger partial charge is 0.595 e. The molecule has 8 heteroatoms. The van der Waals surface area contributed by atoms with Crippen molar-refractivity contribution < 1.29 is 29.4 Å². The number of fused-ring (bicyclic) bond motifs is 2. The molecule has 148 valence electrons. The number of benzene rings is 2. The van der Waals surface area contributed by atoms with E-state index in [1.807, 2.05) is 13.1 Å². The standard InChI is InChI=1S/C20H22N2O6/c1-21-7-6-13-9-17-19(28-11-27-17)20(26-2)18(13)15(21)10-16(23)12-4-3-5-14(8-12)22(24)25/h3-5,8-9,15,22,24H,6-7,10-11H2,1-2H3/t15-/m1/s1. The first kappa shape index (κ1) is 18.7. The lowest BCUT2D eigenvalue weighted by Crippen LogP contribution is -2.99. The zero-order valence-corrected chi connectivity index (χ0v) is 15.7. The van der Waals surface area contributed by atoms with Gasteiger partial charge in [-0.05, 0) is 25.1 Å². The molecule has 0 spiro atoms. The Balaban J connectivity index is 1.70. The molecule has 0 aromatic heterocycles. The van der Waals surface area contributed by atoms with Gasteiger partial charge in [0.25, 0.3) is 0 Å². The van der Waals surface area contributed by atoms with Gasteiger partial charge in [-0.15, -0.1) is 0 Å². The fourth-order valence-corrected chi connectivity index (χ4v) is 3.90. The molecule has 2 aliphatic rings. The van der Waals surface area contributed by atoms with Gasteiger partial charge >= 0.3 is 0 Å². The summed E-state index contributed by atoms with van der Waals surface area (Å²) in [6, 6.07) is 7.91. The Morgan fingerprint density at radius 2 is 2.21 bits per heavy atom. The van der Waals surface area contributed by atoms with Crippen LogP contribution >= 0.6 is 0 Å². The van der Waals surface area contributed by atoms with E-state index in [0.717, 1.165) is 24.1 Å². The Bertz CT molecular complexity index is 914. The number of hydrogen-bond acceptors (Lipinski definition) is 7. The number of rotatable bonds is 5. The molecule has 28 heavy (non-hydrogen) atoms. The summed E-state index contributed by atoms with van der Waals surface area (Å²) in [5.41, 5.74) is 2.50. The van der Waals surface area contributed by atoms with Crippen molar-refractivity contribution in [1.82, 2.24) is 4.90 Å². The van der Waals surface area contributed by atoms with Crippen LogP contribution in [0.1, 0.15) is 33.9 Å². The van der Waals surface area contributed by atoms with E-state index in [9.17, 15) is 15.2 Å².